The predicted octanol–water partition coefficient (Wildman–Crippen LogP) is 3.06. The molecule has 0 saturated carbocycles. The fraction of sp³-hybridized carbons (Fsp3) is 0.500. The summed E-state index contributed by atoms with van der Waals surface area (Å²) in [6.07, 6.45) is -2.31. The highest BCUT2D eigenvalue weighted by molar-refractivity contribution is 7.10. The molecule has 0 aliphatic carbocycles. The zero-order chi connectivity index (χ0) is 9.84. The number of halogens is 3. The van der Waals surface area contributed by atoms with Crippen LogP contribution in [-0.4, -0.2) is 13.0 Å². The lowest BCUT2D eigenvalue weighted by Gasteiger charge is -2.01. The van der Waals surface area contributed by atoms with E-state index in [-0.39, 0.29) is 6.54 Å². The van der Waals surface area contributed by atoms with Crippen LogP contribution in [0.3, 0.4) is 0 Å². The Labute approximate surface area is 84.7 Å². The van der Waals surface area contributed by atoms with Gasteiger partial charge in [-0.1, -0.05) is 11.6 Å². The smallest absolute Gasteiger partial charge is 0.250 e. The summed E-state index contributed by atoms with van der Waals surface area (Å²) in [4.78, 5) is 0.916. The van der Waals surface area contributed by atoms with E-state index in [1.807, 2.05) is 12.3 Å². The Kier molecular flexibility index (Phi) is 4.09. The largest absolute Gasteiger partial charge is 0.306 e. The maximum Gasteiger partial charge on any atom is 0.250 e. The van der Waals surface area contributed by atoms with Crippen LogP contribution >= 0.6 is 22.9 Å². The molecule has 1 nitrogen and oxygen atoms in total. The van der Waals surface area contributed by atoms with E-state index < -0.39 is 6.43 Å². The Morgan fingerprint density at radius 3 is 2.77 bits per heavy atom. The first kappa shape index (κ1) is 10.9. The molecule has 0 aliphatic rings. The van der Waals surface area contributed by atoms with Gasteiger partial charge in [0, 0.05) is 11.4 Å². The highest BCUT2D eigenvalue weighted by Gasteiger charge is 2.07. The normalized spacial score (nSPS) is 11.2. The van der Waals surface area contributed by atoms with Crippen molar-refractivity contribution < 1.29 is 8.78 Å². The number of hydrogen-bond donors (Lipinski definition) is 1. The molecule has 74 valence electrons. The summed E-state index contributed by atoms with van der Waals surface area (Å²) < 4.78 is 23.5. The van der Waals surface area contributed by atoms with Crippen LogP contribution < -0.4 is 5.32 Å². The van der Waals surface area contributed by atoms with Crippen molar-refractivity contribution in [2.24, 2.45) is 0 Å². The number of aryl methyl sites for hydroxylation is 1. The molecule has 0 radical (unpaired) electrons. The van der Waals surface area contributed by atoms with Gasteiger partial charge in [-0.3, -0.25) is 0 Å². The summed E-state index contributed by atoms with van der Waals surface area (Å²) in [5.74, 6) is 0. The van der Waals surface area contributed by atoms with Crippen molar-refractivity contribution in [3.63, 3.8) is 0 Å². The first-order valence-electron chi connectivity index (χ1n) is 3.82. The molecular formula is C8H10ClF2NS. The molecular weight excluding hydrogens is 216 g/mol. The zero-order valence-electron chi connectivity index (χ0n) is 7.11. The Morgan fingerprint density at radius 2 is 2.31 bits per heavy atom. The van der Waals surface area contributed by atoms with Gasteiger partial charge in [0.25, 0.3) is 6.43 Å². The molecule has 1 heterocycles. The molecule has 5 heteroatoms. The van der Waals surface area contributed by atoms with E-state index in [4.69, 9.17) is 11.6 Å². The van der Waals surface area contributed by atoms with Gasteiger partial charge in [-0.15, -0.1) is 11.3 Å². The quantitative estimate of drug-likeness (QED) is 0.831. The third-order valence-electron chi connectivity index (χ3n) is 1.55. The summed E-state index contributed by atoms with van der Waals surface area (Å²) in [5.41, 5.74) is 1.00. The minimum Gasteiger partial charge on any atom is -0.306 e. The minimum absolute atomic E-state index is 0.284. The summed E-state index contributed by atoms with van der Waals surface area (Å²) in [6, 6.07) is 0. The molecule has 0 fully saturated rings. The van der Waals surface area contributed by atoms with E-state index in [9.17, 15) is 8.78 Å². The van der Waals surface area contributed by atoms with Gasteiger partial charge in [0.1, 0.15) is 0 Å². The second kappa shape index (κ2) is 4.88. The highest BCUT2D eigenvalue weighted by atomic mass is 35.5. The molecule has 13 heavy (non-hydrogen) atoms. The van der Waals surface area contributed by atoms with Crippen LogP contribution in [0.15, 0.2) is 5.38 Å². The summed E-state index contributed by atoms with van der Waals surface area (Å²) in [5, 5.41) is 5.24. The van der Waals surface area contributed by atoms with Crippen LogP contribution in [0.2, 0.25) is 5.02 Å². The second-order valence-electron chi connectivity index (χ2n) is 2.68. The third kappa shape index (κ3) is 3.21. The number of thiophene rings is 1. The average molecular weight is 226 g/mol. The van der Waals surface area contributed by atoms with E-state index >= 15 is 0 Å². The van der Waals surface area contributed by atoms with Gasteiger partial charge >= 0.3 is 0 Å². The topological polar surface area (TPSA) is 12.0 Å². The number of rotatable bonds is 4. The monoisotopic (exact) mass is 225 g/mol. The van der Waals surface area contributed by atoms with Crippen LogP contribution in [0.4, 0.5) is 8.78 Å². The van der Waals surface area contributed by atoms with E-state index in [1.165, 1.54) is 11.3 Å². The lowest BCUT2D eigenvalue weighted by molar-refractivity contribution is 0.145. The zero-order valence-corrected chi connectivity index (χ0v) is 8.68. The summed E-state index contributed by atoms with van der Waals surface area (Å²) in [7, 11) is 0. The molecule has 0 bridgehead atoms. The van der Waals surface area contributed by atoms with Crippen LogP contribution in [0.1, 0.15) is 10.4 Å². The Hall–Kier alpha value is -0.190. The van der Waals surface area contributed by atoms with Crippen molar-refractivity contribution in [3.8, 4) is 0 Å². The molecule has 0 saturated heterocycles. The second-order valence-corrected chi connectivity index (χ2v) is 4.02. The third-order valence-corrected chi connectivity index (χ3v) is 3.30. The van der Waals surface area contributed by atoms with Crippen molar-refractivity contribution in [2.75, 3.05) is 6.54 Å². The first-order chi connectivity index (χ1) is 6.11. The van der Waals surface area contributed by atoms with Crippen LogP contribution in [0.25, 0.3) is 0 Å². The molecule has 1 aromatic rings. The Bertz CT molecular complexity index is 275. The van der Waals surface area contributed by atoms with Crippen molar-refractivity contribution in [1.82, 2.24) is 5.32 Å². The van der Waals surface area contributed by atoms with E-state index in [0.717, 1.165) is 10.4 Å². The van der Waals surface area contributed by atoms with Crippen molar-refractivity contribution in [2.45, 2.75) is 19.9 Å². The molecule has 0 unspecified atom stereocenters. The lowest BCUT2D eigenvalue weighted by atomic mass is 10.3. The molecule has 1 rings (SSSR count). The summed E-state index contributed by atoms with van der Waals surface area (Å²) in [6.45, 7) is 2.03. The Morgan fingerprint density at radius 1 is 1.62 bits per heavy atom. The van der Waals surface area contributed by atoms with Crippen molar-refractivity contribution in [3.05, 3.63) is 20.8 Å². The van der Waals surface area contributed by atoms with Gasteiger partial charge < -0.3 is 5.32 Å². The highest BCUT2D eigenvalue weighted by Crippen LogP contribution is 2.26. The average Bonchev–Trinajstić information content (AvgIpc) is 2.35. The van der Waals surface area contributed by atoms with Gasteiger partial charge in [0.05, 0.1) is 11.6 Å². The molecule has 0 amide bonds. The van der Waals surface area contributed by atoms with Crippen LogP contribution in [0.5, 0.6) is 0 Å². The fourth-order valence-electron chi connectivity index (χ4n) is 0.897. The van der Waals surface area contributed by atoms with Crippen molar-refractivity contribution >= 4 is 22.9 Å². The molecule has 0 aliphatic heterocycles. The molecule has 0 atom stereocenters. The number of hydrogen-bond acceptors (Lipinski definition) is 2. The Balaban J connectivity index is 2.41. The van der Waals surface area contributed by atoms with Crippen LogP contribution in [-0.2, 0) is 6.54 Å². The van der Waals surface area contributed by atoms with Gasteiger partial charge in [0.15, 0.2) is 0 Å². The van der Waals surface area contributed by atoms with E-state index in [0.29, 0.717) is 11.6 Å². The van der Waals surface area contributed by atoms with Gasteiger partial charge in [-0.25, -0.2) is 8.78 Å². The fourth-order valence-corrected chi connectivity index (χ4v) is 2.10. The predicted molar refractivity (Wildman–Crippen MR) is 51.8 cm³/mol. The standard InChI is InChI=1S/C8H10ClF2NS/c1-5-4-13-6(8(5)9)2-12-3-7(10)11/h4,7,12H,2-3H2,1H3. The molecule has 1 aromatic heterocycles. The van der Waals surface area contributed by atoms with E-state index in [2.05, 4.69) is 5.32 Å². The molecule has 0 spiro atoms. The SMILES string of the molecule is Cc1csc(CNCC(F)F)c1Cl. The van der Waals surface area contributed by atoms with Gasteiger partial charge in [-0.2, -0.15) is 0 Å². The number of nitrogens with one attached hydrogen (secondary N) is 1. The maximum absolute atomic E-state index is 11.8. The summed E-state index contributed by atoms with van der Waals surface area (Å²) >= 11 is 7.40. The first-order valence-corrected chi connectivity index (χ1v) is 5.08. The lowest BCUT2D eigenvalue weighted by Crippen LogP contribution is -2.20. The van der Waals surface area contributed by atoms with Crippen LogP contribution in [0, 0.1) is 6.92 Å². The van der Waals surface area contributed by atoms with Gasteiger partial charge in [-0.05, 0) is 17.9 Å². The minimum atomic E-state index is -2.31. The van der Waals surface area contributed by atoms with Crippen molar-refractivity contribution in [1.29, 1.82) is 0 Å². The number of alkyl halides is 2. The molecule has 0 aromatic carbocycles. The van der Waals surface area contributed by atoms with E-state index in [1.54, 1.807) is 0 Å². The molecule has 1 N–H and O–H groups in total. The maximum atomic E-state index is 11.8. The van der Waals surface area contributed by atoms with Gasteiger partial charge in [0.2, 0.25) is 0 Å².